The van der Waals surface area contributed by atoms with Gasteiger partial charge in [-0.05, 0) is 45.8 Å². The molecule has 1 aliphatic rings. The molecule has 0 aliphatic carbocycles. The van der Waals surface area contributed by atoms with E-state index in [2.05, 4.69) is 61.6 Å². The molecule has 0 aromatic heterocycles. The summed E-state index contributed by atoms with van der Waals surface area (Å²) >= 11 is 0. The third-order valence-electron chi connectivity index (χ3n) is 4.91. The Bertz CT molecular complexity index is 354. The first-order valence-corrected chi connectivity index (χ1v) is 10.4. The third kappa shape index (κ3) is 3.97. The van der Waals surface area contributed by atoms with Gasteiger partial charge in [0.2, 0.25) is 0 Å². The lowest BCUT2D eigenvalue weighted by Crippen LogP contribution is -2.41. The van der Waals surface area contributed by atoms with Crippen LogP contribution >= 0.6 is 0 Å². The van der Waals surface area contributed by atoms with E-state index in [1.165, 1.54) is 0 Å². The minimum atomic E-state index is -1.67. The first-order valence-electron chi connectivity index (χ1n) is 7.45. The molecule has 0 atom stereocenters. The lowest BCUT2D eigenvalue weighted by atomic mass is 9.90. The molecule has 3 nitrogen and oxygen atoms in total. The molecule has 0 radical (unpaired) electrons. The van der Waals surface area contributed by atoms with Gasteiger partial charge in [-0.1, -0.05) is 32.8 Å². The largest absolute Gasteiger partial charge is 0.486 e. The van der Waals surface area contributed by atoms with Gasteiger partial charge in [-0.15, -0.1) is 0 Å². The molecule has 1 rings (SSSR count). The monoisotopic (exact) mass is 298 g/mol. The average Bonchev–Trinajstić information content (AvgIpc) is 2.41. The summed E-state index contributed by atoms with van der Waals surface area (Å²) in [5, 5.41) is 0.241. The first-order chi connectivity index (χ1) is 8.79. The second kappa shape index (κ2) is 5.60. The average molecular weight is 298 g/mol. The van der Waals surface area contributed by atoms with Gasteiger partial charge < -0.3 is 13.7 Å². The van der Waals surface area contributed by atoms with Crippen molar-refractivity contribution in [3.63, 3.8) is 0 Å². The molecule has 0 bridgehead atoms. The van der Waals surface area contributed by atoms with E-state index in [0.717, 1.165) is 0 Å². The fourth-order valence-electron chi connectivity index (χ4n) is 1.61. The molecule has 0 saturated carbocycles. The molecule has 0 aromatic carbocycles. The number of hydrogen-bond acceptors (Lipinski definition) is 3. The van der Waals surface area contributed by atoms with Gasteiger partial charge in [0.1, 0.15) is 0 Å². The van der Waals surface area contributed by atoms with Crippen LogP contribution in [0.25, 0.3) is 0 Å². The Morgan fingerprint density at radius 2 is 1.50 bits per heavy atom. The molecule has 0 N–H and O–H groups in total. The minimum Gasteiger partial charge on any atom is -0.413 e. The highest BCUT2D eigenvalue weighted by Gasteiger charge is 2.50. The van der Waals surface area contributed by atoms with E-state index in [1.807, 2.05) is 12.1 Å². The first kappa shape index (κ1) is 18.0. The molecule has 0 aromatic rings. The van der Waals surface area contributed by atoms with Crippen LogP contribution in [0.2, 0.25) is 18.1 Å². The Labute approximate surface area is 126 Å². The van der Waals surface area contributed by atoms with Crippen LogP contribution < -0.4 is 0 Å². The quantitative estimate of drug-likeness (QED) is 0.728. The summed E-state index contributed by atoms with van der Waals surface area (Å²) in [4.78, 5) is 0. The topological polar surface area (TPSA) is 27.7 Å². The van der Waals surface area contributed by atoms with E-state index >= 15 is 0 Å². The van der Waals surface area contributed by atoms with Crippen LogP contribution in [0.1, 0.15) is 48.5 Å². The SMILES string of the molecule is CC1(C)OB(/C=C\CO[Si](C)(C)C(C)(C)C)OC1(C)C. The minimum absolute atomic E-state index is 0.241. The highest BCUT2D eigenvalue weighted by Crippen LogP contribution is 2.37. The van der Waals surface area contributed by atoms with Crippen LogP contribution in [0, 0.1) is 0 Å². The summed E-state index contributed by atoms with van der Waals surface area (Å²) in [5.41, 5.74) is -0.551. The van der Waals surface area contributed by atoms with Crippen molar-refractivity contribution in [2.75, 3.05) is 6.61 Å². The van der Waals surface area contributed by atoms with Crippen molar-refractivity contribution in [2.24, 2.45) is 0 Å². The molecule has 1 aliphatic heterocycles. The van der Waals surface area contributed by atoms with Gasteiger partial charge in [-0.25, -0.2) is 0 Å². The Balaban J connectivity index is 2.49. The molecule has 5 heteroatoms. The highest BCUT2D eigenvalue weighted by atomic mass is 28.4. The highest BCUT2D eigenvalue weighted by molar-refractivity contribution is 6.74. The van der Waals surface area contributed by atoms with Crippen LogP contribution in [0.4, 0.5) is 0 Å². The maximum Gasteiger partial charge on any atom is 0.486 e. The van der Waals surface area contributed by atoms with Crippen molar-refractivity contribution in [3.8, 4) is 0 Å². The molecule has 0 spiro atoms. The van der Waals surface area contributed by atoms with E-state index in [-0.39, 0.29) is 23.4 Å². The molecule has 0 amide bonds. The van der Waals surface area contributed by atoms with Crippen LogP contribution in [-0.2, 0) is 13.7 Å². The Morgan fingerprint density at radius 3 is 1.90 bits per heavy atom. The van der Waals surface area contributed by atoms with Gasteiger partial charge in [0.05, 0.1) is 17.8 Å². The third-order valence-corrected chi connectivity index (χ3v) is 9.41. The zero-order valence-corrected chi connectivity index (χ0v) is 15.7. The molecule has 1 heterocycles. The standard InChI is InChI=1S/C15H31BO3Si/c1-13(2,3)20(8,9)17-12-10-11-16-18-14(4,5)15(6,7)19-16/h10-11H,12H2,1-9H3/b11-10-. The van der Waals surface area contributed by atoms with Crippen molar-refractivity contribution in [1.29, 1.82) is 0 Å². The summed E-state index contributed by atoms with van der Waals surface area (Å²) in [6.45, 7) is 20.1. The van der Waals surface area contributed by atoms with E-state index in [1.54, 1.807) is 0 Å². The van der Waals surface area contributed by atoms with E-state index in [4.69, 9.17) is 13.7 Å². The van der Waals surface area contributed by atoms with E-state index in [0.29, 0.717) is 6.61 Å². The summed E-state index contributed by atoms with van der Waals surface area (Å²) in [5.74, 6) is 1.96. The molecular weight excluding hydrogens is 267 g/mol. The van der Waals surface area contributed by atoms with Gasteiger partial charge in [-0.3, -0.25) is 0 Å². The molecule has 1 fully saturated rings. The van der Waals surface area contributed by atoms with Gasteiger partial charge in [0, 0.05) is 0 Å². The normalized spacial score (nSPS) is 22.8. The summed E-state index contributed by atoms with van der Waals surface area (Å²) in [6, 6.07) is 0. The lowest BCUT2D eigenvalue weighted by Gasteiger charge is -2.35. The molecule has 20 heavy (non-hydrogen) atoms. The lowest BCUT2D eigenvalue weighted by molar-refractivity contribution is 0.00578. The predicted octanol–water partition coefficient (Wildman–Crippen LogP) is 4.20. The Kier molecular flexibility index (Phi) is 5.02. The second-order valence-electron chi connectivity index (χ2n) is 8.12. The molecule has 1 saturated heterocycles. The maximum absolute atomic E-state index is 6.10. The smallest absolute Gasteiger partial charge is 0.413 e. The van der Waals surface area contributed by atoms with Crippen molar-refractivity contribution < 1.29 is 13.7 Å². The van der Waals surface area contributed by atoms with Crippen LogP contribution in [0.3, 0.4) is 0 Å². The zero-order chi connectivity index (χ0) is 15.8. The predicted molar refractivity (Wildman–Crippen MR) is 88.4 cm³/mol. The van der Waals surface area contributed by atoms with Crippen molar-refractivity contribution >= 4 is 15.4 Å². The van der Waals surface area contributed by atoms with E-state index in [9.17, 15) is 0 Å². The van der Waals surface area contributed by atoms with Crippen molar-refractivity contribution in [3.05, 3.63) is 12.1 Å². The van der Waals surface area contributed by atoms with Crippen LogP contribution in [0.15, 0.2) is 12.1 Å². The fourth-order valence-corrected chi connectivity index (χ4v) is 2.55. The molecule has 116 valence electrons. The van der Waals surface area contributed by atoms with Crippen LogP contribution in [0.5, 0.6) is 0 Å². The summed E-state index contributed by atoms with van der Waals surface area (Å²) in [7, 11) is -1.95. The summed E-state index contributed by atoms with van der Waals surface area (Å²) in [6.07, 6.45) is 2.02. The number of rotatable bonds is 4. The van der Waals surface area contributed by atoms with Crippen LogP contribution in [-0.4, -0.2) is 33.2 Å². The Morgan fingerprint density at radius 1 is 1.05 bits per heavy atom. The Hall–Kier alpha value is -0.0982. The van der Waals surface area contributed by atoms with Gasteiger partial charge in [0.15, 0.2) is 8.32 Å². The van der Waals surface area contributed by atoms with Gasteiger partial charge in [0.25, 0.3) is 0 Å². The second-order valence-corrected chi connectivity index (χ2v) is 12.9. The fraction of sp³-hybridized carbons (Fsp3) is 0.867. The maximum atomic E-state index is 6.10. The van der Waals surface area contributed by atoms with E-state index < -0.39 is 8.32 Å². The number of hydrogen-bond donors (Lipinski definition) is 0. The van der Waals surface area contributed by atoms with Gasteiger partial charge in [-0.2, -0.15) is 0 Å². The molecule has 0 unspecified atom stereocenters. The summed E-state index contributed by atoms with van der Waals surface area (Å²) < 4.78 is 17.9. The zero-order valence-electron chi connectivity index (χ0n) is 14.7. The molecular formula is C15H31BO3Si. The van der Waals surface area contributed by atoms with Crippen molar-refractivity contribution in [2.45, 2.75) is 77.8 Å². The van der Waals surface area contributed by atoms with Crippen molar-refractivity contribution in [1.82, 2.24) is 0 Å². The van der Waals surface area contributed by atoms with Gasteiger partial charge >= 0.3 is 7.12 Å².